The molecule has 1 heterocycles. The number of aromatic nitrogens is 1. The van der Waals surface area contributed by atoms with Crippen LogP contribution in [-0.2, 0) is 0 Å². The summed E-state index contributed by atoms with van der Waals surface area (Å²) in [6.45, 7) is 2.06. The third kappa shape index (κ3) is 1.57. The average Bonchev–Trinajstić information content (AvgIpc) is 2.77. The molecule has 1 N–H and O–H groups in total. The average molecular weight is 232 g/mol. The van der Waals surface area contributed by atoms with Crippen molar-refractivity contribution < 1.29 is 0 Å². The molecular formula is C16H12N2. The second-order valence-electron chi connectivity index (χ2n) is 4.40. The predicted molar refractivity (Wildman–Crippen MR) is 73.2 cm³/mol. The molecule has 3 rings (SSSR count). The highest BCUT2D eigenvalue weighted by Crippen LogP contribution is 2.32. The Hall–Kier alpha value is -2.53. The lowest BCUT2D eigenvalue weighted by Gasteiger charge is -2.00. The van der Waals surface area contributed by atoms with Crippen molar-refractivity contribution in [3.63, 3.8) is 0 Å². The van der Waals surface area contributed by atoms with Gasteiger partial charge in [0.15, 0.2) is 0 Å². The van der Waals surface area contributed by atoms with Crippen LogP contribution < -0.4 is 0 Å². The first-order valence-corrected chi connectivity index (χ1v) is 5.87. The summed E-state index contributed by atoms with van der Waals surface area (Å²) in [4.78, 5) is 3.18. The lowest BCUT2D eigenvalue weighted by atomic mass is 10.0. The zero-order valence-corrected chi connectivity index (χ0v) is 10.1. The molecule has 0 bridgehead atoms. The van der Waals surface area contributed by atoms with Crippen molar-refractivity contribution in [2.75, 3.05) is 0 Å². The van der Waals surface area contributed by atoms with E-state index in [1.54, 1.807) is 0 Å². The molecule has 0 spiro atoms. The molecule has 0 aliphatic rings. The highest BCUT2D eigenvalue weighted by Gasteiger charge is 2.12. The Morgan fingerprint density at radius 3 is 2.56 bits per heavy atom. The molecule has 18 heavy (non-hydrogen) atoms. The van der Waals surface area contributed by atoms with Gasteiger partial charge in [-0.05, 0) is 24.6 Å². The van der Waals surface area contributed by atoms with Gasteiger partial charge in [-0.15, -0.1) is 0 Å². The first kappa shape index (κ1) is 10.6. The molecule has 0 amide bonds. The van der Waals surface area contributed by atoms with E-state index in [0.717, 1.165) is 22.0 Å². The Morgan fingerprint density at radius 2 is 1.83 bits per heavy atom. The number of hydrogen-bond donors (Lipinski definition) is 1. The minimum Gasteiger partial charge on any atom is -0.346 e. The molecule has 0 saturated carbocycles. The van der Waals surface area contributed by atoms with Crippen molar-refractivity contribution in [1.82, 2.24) is 4.98 Å². The third-order valence-corrected chi connectivity index (χ3v) is 3.13. The van der Waals surface area contributed by atoms with Gasteiger partial charge in [0.25, 0.3) is 0 Å². The van der Waals surface area contributed by atoms with Gasteiger partial charge in [0, 0.05) is 16.5 Å². The van der Waals surface area contributed by atoms with Crippen molar-refractivity contribution >= 4 is 10.9 Å². The fourth-order valence-corrected chi connectivity index (χ4v) is 2.29. The second kappa shape index (κ2) is 4.05. The number of fused-ring (bicyclic) bond motifs is 1. The lowest BCUT2D eigenvalue weighted by Crippen LogP contribution is -1.80. The lowest BCUT2D eigenvalue weighted by molar-refractivity contribution is 1.37. The largest absolute Gasteiger partial charge is 0.346 e. The highest BCUT2D eigenvalue weighted by atomic mass is 14.7. The van der Waals surface area contributed by atoms with E-state index in [4.69, 9.17) is 0 Å². The van der Waals surface area contributed by atoms with Gasteiger partial charge in [-0.3, -0.25) is 0 Å². The van der Waals surface area contributed by atoms with Gasteiger partial charge in [0.05, 0.1) is 0 Å². The van der Waals surface area contributed by atoms with Crippen molar-refractivity contribution in [2.45, 2.75) is 6.92 Å². The van der Waals surface area contributed by atoms with Crippen LogP contribution in [0.15, 0.2) is 48.5 Å². The topological polar surface area (TPSA) is 39.6 Å². The molecule has 2 nitrogen and oxygen atoms in total. The minimum atomic E-state index is 0.627. The van der Waals surface area contributed by atoms with Crippen LogP contribution >= 0.6 is 0 Å². The van der Waals surface area contributed by atoms with Crippen LogP contribution in [-0.4, -0.2) is 4.98 Å². The van der Waals surface area contributed by atoms with Gasteiger partial charge in [-0.25, -0.2) is 0 Å². The number of nitrogens with one attached hydrogen (secondary N) is 1. The predicted octanol–water partition coefficient (Wildman–Crippen LogP) is 4.02. The molecule has 0 aliphatic heterocycles. The first-order valence-electron chi connectivity index (χ1n) is 5.87. The Balaban J connectivity index is 2.40. The number of aryl methyl sites for hydroxylation is 1. The maximum absolute atomic E-state index is 9.27. The summed E-state index contributed by atoms with van der Waals surface area (Å²) in [5.41, 5.74) is 4.91. The van der Waals surface area contributed by atoms with Crippen LogP contribution in [0.4, 0.5) is 0 Å². The Morgan fingerprint density at radius 1 is 1.06 bits per heavy atom. The van der Waals surface area contributed by atoms with E-state index in [1.165, 1.54) is 5.56 Å². The van der Waals surface area contributed by atoms with Gasteiger partial charge >= 0.3 is 0 Å². The number of nitriles is 1. The molecule has 2 aromatic carbocycles. The van der Waals surface area contributed by atoms with E-state index in [1.807, 2.05) is 36.4 Å². The SMILES string of the molecule is Cc1ccc2[nH]c(C#N)c(-c3ccccc3)c2c1. The van der Waals surface area contributed by atoms with Crippen LogP contribution in [0.1, 0.15) is 11.3 Å². The van der Waals surface area contributed by atoms with E-state index < -0.39 is 0 Å². The van der Waals surface area contributed by atoms with Crippen LogP contribution in [0.5, 0.6) is 0 Å². The van der Waals surface area contributed by atoms with Crippen LogP contribution in [0.2, 0.25) is 0 Å². The zero-order chi connectivity index (χ0) is 12.5. The van der Waals surface area contributed by atoms with Gasteiger partial charge in [-0.2, -0.15) is 5.26 Å². The zero-order valence-electron chi connectivity index (χ0n) is 10.1. The summed E-state index contributed by atoms with van der Waals surface area (Å²) in [7, 11) is 0. The number of H-pyrrole nitrogens is 1. The molecule has 1 aromatic heterocycles. The van der Waals surface area contributed by atoms with Gasteiger partial charge in [-0.1, -0.05) is 42.0 Å². The molecule has 2 heteroatoms. The quantitative estimate of drug-likeness (QED) is 0.676. The molecule has 86 valence electrons. The molecule has 0 saturated heterocycles. The molecule has 0 fully saturated rings. The van der Waals surface area contributed by atoms with E-state index >= 15 is 0 Å². The number of rotatable bonds is 1. The van der Waals surface area contributed by atoms with Crippen LogP contribution in [0.25, 0.3) is 22.0 Å². The molecule has 0 radical (unpaired) electrons. The highest BCUT2D eigenvalue weighted by molar-refractivity contribution is 5.99. The Bertz CT molecular complexity index is 746. The molecule has 3 aromatic rings. The van der Waals surface area contributed by atoms with Gasteiger partial charge < -0.3 is 4.98 Å². The van der Waals surface area contributed by atoms with Gasteiger partial charge in [0.2, 0.25) is 0 Å². The number of benzene rings is 2. The van der Waals surface area contributed by atoms with Crippen molar-refractivity contribution in [3.05, 3.63) is 59.8 Å². The standard InChI is InChI=1S/C16H12N2/c1-11-7-8-14-13(9-11)16(15(10-17)18-14)12-5-3-2-4-6-12/h2-9,18H,1H3. The summed E-state index contributed by atoms with van der Waals surface area (Å²) in [5.74, 6) is 0. The Labute approximate surface area is 106 Å². The van der Waals surface area contributed by atoms with Gasteiger partial charge in [0.1, 0.15) is 11.8 Å². The summed E-state index contributed by atoms with van der Waals surface area (Å²) < 4.78 is 0. The second-order valence-corrected chi connectivity index (χ2v) is 4.40. The Kier molecular flexibility index (Phi) is 2.39. The van der Waals surface area contributed by atoms with Crippen LogP contribution in [0.3, 0.4) is 0 Å². The van der Waals surface area contributed by atoms with Crippen molar-refractivity contribution in [2.24, 2.45) is 0 Å². The molecule has 0 atom stereocenters. The summed E-state index contributed by atoms with van der Waals surface area (Å²) in [6, 6.07) is 18.5. The van der Waals surface area contributed by atoms with Crippen molar-refractivity contribution in [3.8, 4) is 17.2 Å². The summed E-state index contributed by atoms with van der Waals surface area (Å²) >= 11 is 0. The maximum Gasteiger partial charge on any atom is 0.126 e. The van der Waals surface area contributed by atoms with E-state index in [9.17, 15) is 5.26 Å². The first-order chi connectivity index (χ1) is 8.79. The van der Waals surface area contributed by atoms with Crippen molar-refractivity contribution in [1.29, 1.82) is 5.26 Å². The van der Waals surface area contributed by atoms with E-state index in [2.05, 4.69) is 30.1 Å². The van der Waals surface area contributed by atoms with E-state index in [-0.39, 0.29) is 0 Å². The molecule has 0 unspecified atom stereocenters. The van der Waals surface area contributed by atoms with Crippen LogP contribution in [0, 0.1) is 18.3 Å². The smallest absolute Gasteiger partial charge is 0.126 e. The maximum atomic E-state index is 9.27. The number of aromatic amines is 1. The number of hydrogen-bond acceptors (Lipinski definition) is 1. The molecule has 0 aliphatic carbocycles. The monoisotopic (exact) mass is 232 g/mol. The fourth-order valence-electron chi connectivity index (χ4n) is 2.29. The minimum absolute atomic E-state index is 0.627. The number of nitrogens with zero attached hydrogens (tertiary/aromatic N) is 1. The third-order valence-electron chi connectivity index (χ3n) is 3.13. The summed E-state index contributed by atoms with van der Waals surface area (Å²) in [5, 5.41) is 10.4. The fraction of sp³-hybridized carbons (Fsp3) is 0.0625. The van der Waals surface area contributed by atoms with E-state index in [0.29, 0.717) is 5.69 Å². The molecular weight excluding hydrogens is 220 g/mol. The normalized spacial score (nSPS) is 10.4. The summed E-state index contributed by atoms with van der Waals surface area (Å²) in [6.07, 6.45) is 0.